The first kappa shape index (κ1) is 48.4. The quantitative estimate of drug-likeness (QED) is 0.155. The molecular weight excluding hydrogens is 778 g/mol. The molecule has 0 saturated carbocycles. The molecule has 4 aromatic carbocycles. The van der Waals surface area contributed by atoms with Gasteiger partial charge in [0.2, 0.25) is 0 Å². The fraction of sp³-hybridized carbons (Fsp3) is 0.300. The molecule has 4 rings (SSSR count). The molecule has 4 aromatic rings. The summed E-state index contributed by atoms with van der Waals surface area (Å²) in [5, 5.41) is 0. The lowest BCUT2D eigenvalue weighted by Gasteiger charge is -2.20. The first-order valence-corrected chi connectivity index (χ1v) is 20.5. The van der Waals surface area contributed by atoms with Crippen molar-refractivity contribution in [1.29, 1.82) is 0 Å². The molecule has 0 fully saturated rings. The first-order valence-electron chi connectivity index (χ1n) is 20.5. The maximum absolute atomic E-state index is 17.0. The summed E-state index contributed by atoms with van der Waals surface area (Å²) in [6, 6.07) is 11.4. The van der Waals surface area contributed by atoms with Gasteiger partial charge in [-0.3, -0.25) is 0 Å². The predicted octanol–water partition coefficient (Wildman–Crippen LogP) is 12.4. The van der Waals surface area contributed by atoms with E-state index >= 15 is 13.2 Å². The highest BCUT2D eigenvalue weighted by Gasteiger charge is 2.25. The predicted molar refractivity (Wildman–Crippen MR) is 255 cm³/mol. The van der Waals surface area contributed by atoms with E-state index in [1.54, 1.807) is 41.5 Å². The van der Waals surface area contributed by atoms with Crippen molar-refractivity contribution in [2.24, 2.45) is 0 Å². The van der Waals surface area contributed by atoms with Gasteiger partial charge in [-0.1, -0.05) is 133 Å². The topological polar surface area (TPSA) is 0 Å². The standard InChI is InChI=1S/C60H51F3/c1-16-22-40-34-46(58(7,8)9)35-41(23-17-2)49(40)28-31-52-55(61)53(32-29-50-42(24-18-3)36-47(59(10,11)12)37-43(50)25-19-4)57(63)54(56(52)62)33-30-51-44(26-20-5)38-48(60(13,14)15)39-45(51)27-21-6/h34-39H,1-15H3. The van der Waals surface area contributed by atoms with E-state index in [1.807, 2.05) is 36.4 Å². The van der Waals surface area contributed by atoms with Crippen molar-refractivity contribution in [1.82, 2.24) is 0 Å². The molecule has 3 heteroatoms. The highest BCUT2D eigenvalue weighted by molar-refractivity contribution is 5.68. The fourth-order valence-corrected chi connectivity index (χ4v) is 6.40. The van der Waals surface area contributed by atoms with Crippen molar-refractivity contribution in [3.05, 3.63) is 137 Å². The Morgan fingerprint density at radius 1 is 0.270 bits per heavy atom. The first-order chi connectivity index (χ1) is 29.6. The summed E-state index contributed by atoms with van der Waals surface area (Å²) in [6.45, 7) is 28.8. The van der Waals surface area contributed by atoms with Crippen LogP contribution in [0.3, 0.4) is 0 Å². The molecule has 0 radical (unpaired) electrons. The summed E-state index contributed by atoms with van der Waals surface area (Å²) < 4.78 is 50.9. The summed E-state index contributed by atoms with van der Waals surface area (Å²) in [5.74, 6) is 49.3. The Labute approximate surface area is 375 Å². The Morgan fingerprint density at radius 3 is 0.571 bits per heavy atom. The van der Waals surface area contributed by atoms with Crippen molar-refractivity contribution >= 4 is 0 Å². The van der Waals surface area contributed by atoms with Gasteiger partial charge in [0, 0.05) is 33.4 Å². The van der Waals surface area contributed by atoms with Crippen LogP contribution in [0.4, 0.5) is 13.2 Å². The third kappa shape index (κ3) is 11.4. The molecule has 312 valence electrons. The minimum Gasteiger partial charge on any atom is -0.204 e. The summed E-state index contributed by atoms with van der Waals surface area (Å²) >= 11 is 0. The van der Waals surface area contributed by atoms with E-state index in [9.17, 15) is 0 Å². The van der Waals surface area contributed by atoms with Gasteiger partial charge >= 0.3 is 0 Å². The van der Waals surface area contributed by atoms with Crippen LogP contribution in [0.25, 0.3) is 0 Å². The van der Waals surface area contributed by atoms with E-state index in [0.29, 0.717) is 50.1 Å². The van der Waals surface area contributed by atoms with Crippen LogP contribution in [0.2, 0.25) is 0 Å². The van der Waals surface area contributed by atoms with E-state index < -0.39 is 34.1 Å². The van der Waals surface area contributed by atoms with E-state index in [0.717, 1.165) is 16.7 Å². The molecule has 0 nitrogen and oxygen atoms in total. The zero-order valence-electron chi connectivity index (χ0n) is 39.1. The fourth-order valence-electron chi connectivity index (χ4n) is 6.40. The van der Waals surface area contributed by atoms with E-state index in [2.05, 4.69) is 169 Å². The van der Waals surface area contributed by atoms with Crippen molar-refractivity contribution in [2.75, 3.05) is 0 Å². The Hall–Kier alpha value is -7.29. The lowest BCUT2D eigenvalue weighted by Crippen LogP contribution is -2.12. The number of benzene rings is 4. The van der Waals surface area contributed by atoms with Gasteiger partial charge < -0.3 is 0 Å². The Morgan fingerprint density at radius 2 is 0.429 bits per heavy atom. The Kier molecular flexibility index (Phi) is 15.4. The molecule has 0 bridgehead atoms. The lowest BCUT2D eigenvalue weighted by atomic mass is 9.83. The van der Waals surface area contributed by atoms with Crippen LogP contribution < -0.4 is 0 Å². The SMILES string of the molecule is CC#Cc1cc(C(C)(C)C)cc(C#CC)c1C#Cc1c(F)c(C#Cc2c(C#CC)cc(C(C)(C)C)cc2C#CC)c(F)c(C#Cc2c(C#CC)cc(C(C)(C)C)cc2C#CC)c1F. The van der Waals surface area contributed by atoms with Crippen LogP contribution in [-0.2, 0) is 16.2 Å². The van der Waals surface area contributed by atoms with Gasteiger partial charge in [-0.05, 0) is 111 Å². The summed E-state index contributed by atoms with van der Waals surface area (Å²) in [5.41, 5.74) is 4.34. The van der Waals surface area contributed by atoms with Gasteiger partial charge in [0.25, 0.3) is 0 Å². The number of halogens is 3. The van der Waals surface area contributed by atoms with Crippen molar-refractivity contribution < 1.29 is 13.2 Å². The minimum atomic E-state index is -1.28. The third-order valence-corrected chi connectivity index (χ3v) is 9.83. The van der Waals surface area contributed by atoms with Crippen LogP contribution in [0.5, 0.6) is 0 Å². The Bertz CT molecular complexity index is 2640. The smallest absolute Gasteiger partial charge is 0.160 e. The highest BCUT2D eigenvalue weighted by atomic mass is 19.1. The maximum Gasteiger partial charge on any atom is 0.160 e. The molecule has 0 aliphatic carbocycles. The molecule has 0 amide bonds. The maximum atomic E-state index is 17.0. The van der Waals surface area contributed by atoms with E-state index in [4.69, 9.17) is 0 Å². The van der Waals surface area contributed by atoms with E-state index in [1.165, 1.54) is 0 Å². The molecular formula is C60H51F3. The molecule has 0 unspecified atom stereocenters. The molecule has 0 heterocycles. The number of hydrogen-bond donors (Lipinski definition) is 0. The number of hydrogen-bond acceptors (Lipinski definition) is 0. The van der Waals surface area contributed by atoms with E-state index in [-0.39, 0.29) is 16.2 Å². The van der Waals surface area contributed by atoms with Crippen LogP contribution in [0.1, 0.15) is 187 Å². The summed E-state index contributed by atoms with van der Waals surface area (Å²) in [6.07, 6.45) is 0. The third-order valence-electron chi connectivity index (χ3n) is 9.83. The second kappa shape index (κ2) is 20.1. The summed E-state index contributed by atoms with van der Waals surface area (Å²) in [4.78, 5) is 0. The molecule has 63 heavy (non-hydrogen) atoms. The molecule has 0 aliphatic rings. The van der Waals surface area contributed by atoms with Gasteiger partial charge in [0.1, 0.15) is 0 Å². The normalized spacial score (nSPS) is 10.2. The largest absolute Gasteiger partial charge is 0.204 e. The van der Waals surface area contributed by atoms with Crippen LogP contribution in [-0.4, -0.2) is 0 Å². The van der Waals surface area contributed by atoms with Gasteiger partial charge in [0.05, 0.1) is 33.4 Å². The molecule has 0 spiro atoms. The van der Waals surface area contributed by atoms with Crippen LogP contribution in [0.15, 0.2) is 36.4 Å². The second-order valence-corrected chi connectivity index (χ2v) is 17.7. The number of rotatable bonds is 0. The van der Waals surface area contributed by atoms with Crippen molar-refractivity contribution in [3.63, 3.8) is 0 Å². The zero-order chi connectivity index (χ0) is 46.9. The van der Waals surface area contributed by atoms with Gasteiger partial charge in [-0.2, -0.15) is 0 Å². The van der Waals surface area contributed by atoms with Crippen molar-refractivity contribution in [3.8, 4) is 107 Å². The van der Waals surface area contributed by atoms with Crippen LogP contribution in [0, 0.1) is 124 Å². The highest BCUT2D eigenvalue weighted by Crippen LogP contribution is 2.31. The average molecular weight is 829 g/mol. The molecule has 0 N–H and O–H groups in total. The molecule has 0 aliphatic heterocycles. The zero-order valence-corrected chi connectivity index (χ0v) is 39.1. The van der Waals surface area contributed by atoms with Gasteiger partial charge in [0.15, 0.2) is 17.5 Å². The summed E-state index contributed by atoms with van der Waals surface area (Å²) in [7, 11) is 0. The van der Waals surface area contributed by atoms with Gasteiger partial charge in [-0.25, -0.2) is 13.2 Å². The lowest BCUT2D eigenvalue weighted by molar-refractivity contribution is 0.531. The Balaban J connectivity index is 2.23. The monoisotopic (exact) mass is 828 g/mol. The molecule has 0 atom stereocenters. The molecule has 0 saturated heterocycles. The minimum absolute atomic E-state index is 0.257. The van der Waals surface area contributed by atoms with Crippen LogP contribution >= 0.6 is 0 Å². The van der Waals surface area contributed by atoms with Crippen molar-refractivity contribution in [2.45, 2.75) is 120 Å². The van der Waals surface area contributed by atoms with Gasteiger partial charge in [-0.15, -0.1) is 35.5 Å². The molecule has 0 aromatic heterocycles. The second-order valence-electron chi connectivity index (χ2n) is 17.7. The average Bonchev–Trinajstić information content (AvgIpc) is 3.19.